The smallest absolute Gasteiger partial charge is 0.270 e. The highest BCUT2D eigenvalue weighted by atomic mass is 19.3. The highest BCUT2D eigenvalue weighted by molar-refractivity contribution is 5.58. The minimum atomic E-state index is -2.74. The number of nitro groups is 1. The van der Waals surface area contributed by atoms with E-state index < -0.39 is 11.3 Å². The molecule has 2 rings (SSSR count). The second kappa shape index (κ2) is 6.34. The fourth-order valence-corrected chi connectivity index (χ4v) is 2.84. The Morgan fingerprint density at radius 3 is 2.48 bits per heavy atom. The number of rotatable bonds is 4. The average molecular weight is 299 g/mol. The molecule has 7 heteroatoms. The maximum atomic E-state index is 13.2. The number of alkyl halides is 2. The Hall–Kier alpha value is -1.76. The van der Waals surface area contributed by atoms with Crippen LogP contribution in [0.25, 0.3) is 0 Å². The third kappa shape index (κ3) is 3.47. The predicted octanol–water partition coefficient (Wildman–Crippen LogP) is 3.24. The van der Waals surface area contributed by atoms with E-state index in [0.717, 1.165) is 31.7 Å². The van der Waals surface area contributed by atoms with Crippen LogP contribution in [-0.4, -0.2) is 24.1 Å². The van der Waals surface area contributed by atoms with Crippen LogP contribution in [0.4, 0.5) is 20.2 Å². The molecule has 0 aromatic heterocycles. The summed E-state index contributed by atoms with van der Waals surface area (Å²) in [5, 5.41) is 10.7. The lowest BCUT2D eigenvalue weighted by Crippen LogP contribution is -2.39. The van der Waals surface area contributed by atoms with Crippen LogP contribution in [0.2, 0.25) is 0 Å². The molecule has 0 bridgehead atoms. The zero-order valence-corrected chi connectivity index (χ0v) is 11.8. The minimum Gasteiger partial charge on any atom is -0.371 e. The molecule has 2 N–H and O–H groups in total. The van der Waals surface area contributed by atoms with Crippen molar-refractivity contribution in [3.63, 3.8) is 0 Å². The van der Waals surface area contributed by atoms with Gasteiger partial charge in [-0.3, -0.25) is 10.1 Å². The summed E-state index contributed by atoms with van der Waals surface area (Å²) in [6.45, 7) is 0. The van der Waals surface area contributed by atoms with Gasteiger partial charge in [0, 0.05) is 42.5 Å². The first kappa shape index (κ1) is 15.6. The molecule has 0 amide bonds. The normalized spacial score (nSPS) is 22.3. The van der Waals surface area contributed by atoms with Gasteiger partial charge >= 0.3 is 0 Å². The van der Waals surface area contributed by atoms with E-state index in [9.17, 15) is 18.9 Å². The SMILES string of the molecule is CN(c1ccc([N+](=O)[O-])cc1C(F)F)C1CCC(N)CC1. The molecule has 1 saturated carbocycles. The molecule has 1 fully saturated rings. The van der Waals surface area contributed by atoms with Crippen LogP contribution in [0.1, 0.15) is 37.7 Å². The van der Waals surface area contributed by atoms with Crippen LogP contribution in [0.3, 0.4) is 0 Å². The average Bonchev–Trinajstić information content (AvgIpc) is 2.46. The molecule has 1 aliphatic carbocycles. The van der Waals surface area contributed by atoms with Gasteiger partial charge in [-0.2, -0.15) is 0 Å². The van der Waals surface area contributed by atoms with Crippen molar-refractivity contribution in [2.75, 3.05) is 11.9 Å². The quantitative estimate of drug-likeness (QED) is 0.684. The van der Waals surface area contributed by atoms with Gasteiger partial charge in [0.05, 0.1) is 4.92 Å². The molecular formula is C14H19F2N3O2. The van der Waals surface area contributed by atoms with Crippen molar-refractivity contribution in [2.45, 2.75) is 44.2 Å². The molecule has 0 heterocycles. The first-order chi connectivity index (χ1) is 9.90. The Kier molecular flexibility index (Phi) is 4.72. The third-order valence-electron chi connectivity index (χ3n) is 4.13. The van der Waals surface area contributed by atoms with Gasteiger partial charge in [0.2, 0.25) is 0 Å². The molecule has 0 aliphatic heterocycles. The highest BCUT2D eigenvalue weighted by Gasteiger charge is 2.26. The van der Waals surface area contributed by atoms with Crippen molar-refractivity contribution in [1.29, 1.82) is 0 Å². The van der Waals surface area contributed by atoms with E-state index in [2.05, 4.69) is 0 Å². The van der Waals surface area contributed by atoms with Crippen molar-refractivity contribution in [3.05, 3.63) is 33.9 Å². The van der Waals surface area contributed by atoms with Crippen LogP contribution >= 0.6 is 0 Å². The fourth-order valence-electron chi connectivity index (χ4n) is 2.84. The Bertz CT molecular complexity index is 517. The van der Waals surface area contributed by atoms with Crippen LogP contribution < -0.4 is 10.6 Å². The lowest BCUT2D eigenvalue weighted by molar-refractivity contribution is -0.385. The van der Waals surface area contributed by atoms with E-state index in [-0.39, 0.29) is 23.3 Å². The standard InChI is InChI=1S/C14H19F2N3O2/c1-18(10-4-2-9(17)3-5-10)13-7-6-11(19(20)21)8-12(13)14(15)16/h6-10,14H,2-5,17H2,1H3. The summed E-state index contributed by atoms with van der Waals surface area (Å²) in [5.41, 5.74) is 5.61. The number of halogens is 2. The summed E-state index contributed by atoms with van der Waals surface area (Å²) >= 11 is 0. The van der Waals surface area contributed by atoms with Crippen LogP contribution in [0, 0.1) is 10.1 Å². The second-order valence-electron chi connectivity index (χ2n) is 5.48. The van der Waals surface area contributed by atoms with E-state index in [4.69, 9.17) is 5.73 Å². The lowest BCUT2D eigenvalue weighted by Gasteiger charge is -2.35. The van der Waals surface area contributed by atoms with E-state index >= 15 is 0 Å². The van der Waals surface area contributed by atoms with Gasteiger partial charge in [-0.25, -0.2) is 8.78 Å². The van der Waals surface area contributed by atoms with E-state index in [0.29, 0.717) is 5.69 Å². The van der Waals surface area contributed by atoms with Gasteiger partial charge in [-0.15, -0.1) is 0 Å². The molecule has 0 radical (unpaired) electrons. The molecule has 0 spiro atoms. The summed E-state index contributed by atoms with van der Waals surface area (Å²) in [4.78, 5) is 11.9. The summed E-state index contributed by atoms with van der Waals surface area (Å²) in [7, 11) is 1.76. The van der Waals surface area contributed by atoms with Crippen LogP contribution in [0.15, 0.2) is 18.2 Å². The molecule has 1 aromatic carbocycles. The number of non-ortho nitro benzene ring substituents is 1. The highest BCUT2D eigenvalue weighted by Crippen LogP contribution is 2.35. The molecule has 0 unspecified atom stereocenters. The molecule has 0 atom stereocenters. The van der Waals surface area contributed by atoms with Gasteiger partial charge in [-0.1, -0.05) is 0 Å². The van der Waals surface area contributed by atoms with Crippen LogP contribution in [0.5, 0.6) is 0 Å². The summed E-state index contributed by atoms with van der Waals surface area (Å²) in [6, 6.07) is 3.97. The predicted molar refractivity (Wildman–Crippen MR) is 76.7 cm³/mol. The molecule has 1 aromatic rings. The van der Waals surface area contributed by atoms with Gasteiger partial charge in [0.25, 0.3) is 12.1 Å². The number of nitrogens with zero attached hydrogens (tertiary/aromatic N) is 2. The van der Waals surface area contributed by atoms with Crippen molar-refractivity contribution in [3.8, 4) is 0 Å². The maximum Gasteiger partial charge on any atom is 0.270 e. The van der Waals surface area contributed by atoms with Gasteiger partial charge in [0.15, 0.2) is 0 Å². The second-order valence-corrected chi connectivity index (χ2v) is 5.48. The van der Waals surface area contributed by atoms with E-state index in [1.54, 1.807) is 11.9 Å². The van der Waals surface area contributed by atoms with Crippen LogP contribution in [-0.2, 0) is 0 Å². The Balaban J connectivity index is 2.27. The largest absolute Gasteiger partial charge is 0.371 e. The van der Waals surface area contributed by atoms with E-state index in [1.165, 1.54) is 12.1 Å². The molecule has 1 aliphatic rings. The topological polar surface area (TPSA) is 72.4 Å². The number of nitrogens with two attached hydrogens (primary N) is 1. The Labute approximate surface area is 121 Å². The fraction of sp³-hybridized carbons (Fsp3) is 0.571. The van der Waals surface area contributed by atoms with Crippen molar-refractivity contribution in [1.82, 2.24) is 0 Å². The maximum absolute atomic E-state index is 13.2. The van der Waals surface area contributed by atoms with Crippen molar-refractivity contribution < 1.29 is 13.7 Å². The molecule has 116 valence electrons. The minimum absolute atomic E-state index is 0.142. The summed E-state index contributed by atoms with van der Waals surface area (Å²) < 4.78 is 26.4. The number of nitro benzene ring substituents is 1. The van der Waals surface area contributed by atoms with Crippen molar-refractivity contribution >= 4 is 11.4 Å². The third-order valence-corrected chi connectivity index (χ3v) is 4.13. The molecular weight excluding hydrogens is 280 g/mol. The zero-order chi connectivity index (χ0) is 15.6. The van der Waals surface area contributed by atoms with Gasteiger partial charge in [0.1, 0.15) is 0 Å². The zero-order valence-electron chi connectivity index (χ0n) is 11.8. The molecule has 0 saturated heterocycles. The Morgan fingerprint density at radius 2 is 1.95 bits per heavy atom. The number of anilines is 1. The monoisotopic (exact) mass is 299 g/mol. The van der Waals surface area contributed by atoms with Crippen molar-refractivity contribution in [2.24, 2.45) is 5.73 Å². The summed E-state index contributed by atoms with van der Waals surface area (Å²) in [6.07, 6.45) is 0.681. The first-order valence-corrected chi connectivity index (χ1v) is 6.95. The van der Waals surface area contributed by atoms with E-state index in [1.807, 2.05) is 0 Å². The van der Waals surface area contributed by atoms with Gasteiger partial charge in [-0.05, 0) is 31.7 Å². The number of benzene rings is 1. The molecule has 21 heavy (non-hydrogen) atoms. The lowest BCUT2D eigenvalue weighted by atomic mass is 9.90. The number of hydrogen-bond acceptors (Lipinski definition) is 4. The Morgan fingerprint density at radius 1 is 1.33 bits per heavy atom. The first-order valence-electron chi connectivity index (χ1n) is 6.95. The molecule has 5 nitrogen and oxygen atoms in total. The number of hydrogen-bond donors (Lipinski definition) is 1. The summed E-state index contributed by atoms with van der Waals surface area (Å²) in [5.74, 6) is 0. The van der Waals surface area contributed by atoms with Gasteiger partial charge < -0.3 is 10.6 Å².